The number of carboxylic acid groups (broad SMARTS) is 1. The van der Waals surface area contributed by atoms with Gasteiger partial charge in [-0.25, -0.2) is 14.8 Å². The Hall–Kier alpha value is -1.46. The quantitative estimate of drug-likeness (QED) is 0.922. The highest BCUT2D eigenvalue weighted by Gasteiger charge is 2.13. The fourth-order valence-electron chi connectivity index (χ4n) is 1.64. The van der Waals surface area contributed by atoms with Crippen molar-refractivity contribution in [3.8, 4) is 11.4 Å². The summed E-state index contributed by atoms with van der Waals surface area (Å²) in [6.45, 7) is 1.86. The van der Waals surface area contributed by atoms with Crippen LogP contribution in [0.25, 0.3) is 11.4 Å². The van der Waals surface area contributed by atoms with E-state index in [1.54, 1.807) is 18.2 Å². The molecule has 1 N–H and O–H groups in total. The minimum absolute atomic E-state index is 0.138. The zero-order valence-corrected chi connectivity index (χ0v) is 12.4. The molecule has 0 amide bonds. The molecule has 98 valence electrons. The summed E-state index contributed by atoms with van der Waals surface area (Å²) in [5.41, 5.74) is 1.44. The lowest BCUT2D eigenvalue weighted by molar-refractivity contribution is 0.0694. The fraction of sp³-hybridized carbons (Fsp3) is 0.154. The van der Waals surface area contributed by atoms with Crippen molar-refractivity contribution in [3.63, 3.8) is 0 Å². The molecule has 0 unspecified atom stereocenters. The van der Waals surface area contributed by atoms with E-state index in [0.717, 1.165) is 10.0 Å². The predicted octanol–water partition coefficient (Wildman–Crippen LogP) is 3.82. The van der Waals surface area contributed by atoms with Crippen LogP contribution in [0.5, 0.6) is 0 Å². The number of aryl methyl sites for hydroxylation is 1. The molecule has 0 atom stereocenters. The molecule has 1 aromatic carbocycles. The summed E-state index contributed by atoms with van der Waals surface area (Å²) in [4.78, 5) is 19.4. The number of carboxylic acids is 1. The Morgan fingerprint density at radius 3 is 2.79 bits per heavy atom. The number of aromatic nitrogens is 2. The average molecular weight is 342 g/mol. The van der Waals surface area contributed by atoms with Crippen LogP contribution in [0.2, 0.25) is 5.02 Å². The van der Waals surface area contributed by atoms with Gasteiger partial charge in [0, 0.05) is 16.2 Å². The Bertz CT molecular complexity index is 647. The summed E-state index contributed by atoms with van der Waals surface area (Å²) < 4.78 is 0.746. The molecular weight excluding hydrogens is 332 g/mol. The molecule has 1 heterocycles. The Kier molecular flexibility index (Phi) is 4.17. The van der Waals surface area contributed by atoms with Crippen LogP contribution >= 0.6 is 27.5 Å². The zero-order chi connectivity index (χ0) is 14.0. The molecular formula is C13H10BrClN2O2. The monoisotopic (exact) mass is 340 g/mol. The van der Waals surface area contributed by atoms with E-state index in [1.807, 2.05) is 6.92 Å². The third-order valence-electron chi connectivity index (χ3n) is 2.61. The maximum atomic E-state index is 11.0. The van der Waals surface area contributed by atoms with Gasteiger partial charge in [0.2, 0.25) is 0 Å². The molecule has 0 spiro atoms. The first-order valence-electron chi connectivity index (χ1n) is 5.57. The van der Waals surface area contributed by atoms with Crippen LogP contribution in [-0.2, 0) is 6.42 Å². The summed E-state index contributed by atoms with van der Waals surface area (Å²) in [7, 11) is 0. The van der Waals surface area contributed by atoms with E-state index in [4.69, 9.17) is 16.7 Å². The molecule has 1 aromatic heterocycles. The molecule has 0 fully saturated rings. The van der Waals surface area contributed by atoms with Gasteiger partial charge in [-0.1, -0.05) is 18.5 Å². The third kappa shape index (κ3) is 2.93. The Labute approximate surface area is 123 Å². The molecule has 0 aliphatic heterocycles. The van der Waals surface area contributed by atoms with E-state index in [0.29, 0.717) is 23.0 Å². The van der Waals surface area contributed by atoms with Crippen LogP contribution in [0.3, 0.4) is 0 Å². The number of carbonyl (C=O) groups is 1. The molecule has 0 bridgehead atoms. The molecule has 0 aliphatic carbocycles. The van der Waals surface area contributed by atoms with Crippen molar-refractivity contribution in [2.45, 2.75) is 13.3 Å². The van der Waals surface area contributed by atoms with Crippen LogP contribution in [0.4, 0.5) is 0 Å². The van der Waals surface area contributed by atoms with Crippen molar-refractivity contribution in [2.75, 3.05) is 0 Å². The lowest BCUT2D eigenvalue weighted by Gasteiger charge is -2.06. The van der Waals surface area contributed by atoms with Crippen molar-refractivity contribution in [2.24, 2.45) is 0 Å². The van der Waals surface area contributed by atoms with Crippen molar-refractivity contribution >= 4 is 33.5 Å². The predicted molar refractivity (Wildman–Crippen MR) is 76.5 cm³/mol. The van der Waals surface area contributed by atoms with E-state index in [2.05, 4.69) is 25.9 Å². The summed E-state index contributed by atoms with van der Waals surface area (Å²) >= 11 is 9.26. The summed E-state index contributed by atoms with van der Waals surface area (Å²) in [5.74, 6) is -0.528. The number of hydrogen-bond acceptors (Lipinski definition) is 3. The number of aromatic carboxylic acids is 1. The highest BCUT2D eigenvalue weighted by atomic mass is 79.9. The molecule has 6 heteroatoms. The van der Waals surface area contributed by atoms with Gasteiger partial charge in [-0.3, -0.25) is 0 Å². The standard InChI is InChI=1S/C13H10BrClN2O2/c1-2-11-8(13(18)19)6-16-12(17-11)7-3-4-10(15)9(14)5-7/h3-6H,2H2,1H3,(H,18,19). The summed E-state index contributed by atoms with van der Waals surface area (Å²) in [6.07, 6.45) is 1.87. The summed E-state index contributed by atoms with van der Waals surface area (Å²) in [5, 5.41) is 9.63. The van der Waals surface area contributed by atoms with Gasteiger partial charge in [-0.05, 0) is 40.5 Å². The highest BCUT2D eigenvalue weighted by molar-refractivity contribution is 9.10. The van der Waals surface area contributed by atoms with Gasteiger partial charge >= 0.3 is 5.97 Å². The molecule has 0 saturated carbocycles. The van der Waals surface area contributed by atoms with Crippen LogP contribution < -0.4 is 0 Å². The topological polar surface area (TPSA) is 63.1 Å². The van der Waals surface area contributed by atoms with E-state index >= 15 is 0 Å². The number of halogens is 2. The first-order valence-corrected chi connectivity index (χ1v) is 6.74. The second kappa shape index (κ2) is 5.67. The number of hydrogen-bond donors (Lipinski definition) is 1. The molecule has 0 saturated heterocycles. The van der Waals surface area contributed by atoms with E-state index < -0.39 is 5.97 Å². The van der Waals surface area contributed by atoms with Gasteiger partial charge in [0.25, 0.3) is 0 Å². The van der Waals surface area contributed by atoms with Gasteiger partial charge in [0.1, 0.15) is 0 Å². The normalized spacial score (nSPS) is 10.5. The van der Waals surface area contributed by atoms with Crippen LogP contribution in [0.1, 0.15) is 23.0 Å². The fourth-order valence-corrected chi connectivity index (χ4v) is 2.14. The van der Waals surface area contributed by atoms with Crippen molar-refractivity contribution < 1.29 is 9.90 Å². The van der Waals surface area contributed by atoms with Gasteiger partial charge in [-0.2, -0.15) is 0 Å². The molecule has 0 aliphatic rings. The molecule has 0 radical (unpaired) electrons. The lowest BCUT2D eigenvalue weighted by Crippen LogP contribution is -2.06. The molecule has 4 nitrogen and oxygen atoms in total. The second-order valence-electron chi connectivity index (χ2n) is 3.84. The average Bonchev–Trinajstić information content (AvgIpc) is 2.41. The zero-order valence-electron chi connectivity index (χ0n) is 10.0. The Morgan fingerprint density at radius 2 is 2.21 bits per heavy atom. The van der Waals surface area contributed by atoms with Crippen LogP contribution in [0, 0.1) is 0 Å². The summed E-state index contributed by atoms with van der Waals surface area (Å²) in [6, 6.07) is 5.33. The van der Waals surface area contributed by atoms with Crippen molar-refractivity contribution in [1.82, 2.24) is 9.97 Å². The minimum atomic E-state index is -1.01. The van der Waals surface area contributed by atoms with Crippen molar-refractivity contribution in [1.29, 1.82) is 0 Å². The van der Waals surface area contributed by atoms with E-state index in [9.17, 15) is 4.79 Å². The van der Waals surface area contributed by atoms with Crippen LogP contribution in [-0.4, -0.2) is 21.0 Å². The van der Waals surface area contributed by atoms with Gasteiger partial charge < -0.3 is 5.11 Å². The maximum Gasteiger partial charge on any atom is 0.339 e. The number of rotatable bonds is 3. The van der Waals surface area contributed by atoms with Gasteiger partial charge in [0.15, 0.2) is 5.82 Å². The second-order valence-corrected chi connectivity index (χ2v) is 5.10. The highest BCUT2D eigenvalue weighted by Crippen LogP contribution is 2.27. The van der Waals surface area contributed by atoms with Gasteiger partial charge in [-0.15, -0.1) is 0 Å². The third-order valence-corrected chi connectivity index (χ3v) is 3.82. The maximum absolute atomic E-state index is 11.0. The Morgan fingerprint density at radius 1 is 1.47 bits per heavy atom. The van der Waals surface area contributed by atoms with E-state index in [1.165, 1.54) is 6.20 Å². The van der Waals surface area contributed by atoms with Crippen molar-refractivity contribution in [3.05, 3.63) is 45.1 Å². The van der Waals surface area contributed by atoms with Crippen LogP contribution in [0.15, 0.2) is 28.9 Å². The van der Waals surface area contributed by atoms with E-state index in [-0.39, 0.29) is 5.56 Å². The number of benzene rings is 1. The first-order chi connectivity index (χ1) is 9.02. The smallest absolute Gasteiger partial charge is 0.339 e. The minimum Gasteiger partial charge on any atom is -0.478 e. The first kappa shape index (κ1) is 14.0. The SMILES string of the molecule is CCc1nc(-c2ccc(Cl)c(Br)c2)ncc1C(=O)O. The van der Waals surface area contributed by atoms with Gasteiger partial charge in [0.05, 0.1) is 16.3 Å². The number of nitrogens with zero attached hydrogens (tertiary/aromatic N) is 2. The molecule has 19 heavy (non-hydrogen) atoms. The molecule has 2 rings (SSSR count). The molecule has 2 aromatic rings. The largest absolute Gasteiger partial charge is 0.478 e. The lowest BCUT2D eigenvalue weighted by atomic mass is 10.1. The Balaban J connectivity index is 2.51.